The van der Waals surface area contributed by atoms with Gasteiger partial charge in [-0.15, -0.1) is 0 Å². The Morgan fingerprint density at radius 1 is 1.41 bits per heavy atom. The van der Waals surface area contributed by atoms with Crippen LogP contribution in [0.25, 0.3) is 6.08 Å². The third kappa shape index (κ3) is 3.27. The molecule has 1 N–H and O–H groups in total. The summed E-state index contributed by atoms with van der Waals surface area (Å²) in [6.45, 7) is 2.92. The van der Waals surface area contributed by atoms with Crippen LogP contribution in [0, 0.1) is 0 Å². The number of thiocarbonyl (C=S) groups is 1. The van der Waals surface area contributed by atoms with Gasteiger partial charge < -0.3 is 10.0 Å². The number of amides is 1. The first-order chi connectivity index (χ1) is 13.0. The number of carboxylic acids is 1. The summed E-state index contributed by atoms with van der Waals surface area (Å²) in [5.74, 6) is -0.797. The van der Waals surface area contributed by atoms with Crippen LogP contribution < -0.4 is 4.90 Å². The van der Waals surface area contributed by atoms with Gasteiger partial charge in [0.15, 0.2) is 0 Å². The number of carboxylic acid groups (broad SMARTS) is 1. The molecular formula is C20H22N2O3S2. The van der Waals surface area contributed by atoms with Crippen LogP contribution in [0.2, 0.25) is 0 Å². The lowest BCUT2D eigenvalue weighted by molar-refractivity contribution is -0.140. The summed E-state index contributed by atoms with van der Waals surface area (Å²) in [5.41, 5.74) is 3.71. The van der Waals surface area contributed by atoms with E-state index in [0.29, 0.717) is 21.2 Å². The molecule has 0 radical (unpaired) electrons. The van der Waals surface area contributed by atoms with Crippen molar-refractivity contribution in [3.8, 4) is 0 Å². The summed E-state index contributed by atoms with van der Waals surface area (Å²) in [7, 11) is 0. The number of benzene rings is 1. The monoisotopic (exact) mass is 402 g/mol. The number of rotatable bonds is 5. The van der Waals surface area contributed by atoms with E-state index < -0.39 is 5.97 Å². The summed E-state index contributed by atoms with van der Waals surface area (Å²) in [4.78, 5) is 27.6. The Labute approximate surface area is 168 Å². The lowest BCUT2D eigenvalue weighted by Gasteiger charge is -2.26. The Hall–Kier alpha value is -1.86. The molecule has 5 nitrogen and oxygen atoms in total. The molecule has 0 spiro atoms. The van der Waals surface area contributed by atoms with E-state index in [-0.39, 0.29) is 12.5 Å². The zero-order valence-electron chi connectivity index (χ0n) is 15.2. The number of fused-ring (bicyclic) bond motifs is 3. The molecule has 1 amide bonds. The van der Waals surface area contributed by atoms with Gasteiger partial charge in [0.25, 0.3) is 5.91 Å². The van der Waals surface area contributed by atoms with E-state index in [0.717, 1.165) is 23.4 Å². The van der Waals surface area contributed by atoms with Crippen molar-refractivity contribution in [3.05, 3.63) is 34.2 Å². The highest BCUT2D eigenvalue weighted by Gasteiger charge is 2.41. The third-order valence-corrected chi connectivity index (χ3v) is 6.95. The Bertz CT molecular complexity index is 852. The third-order valence-electron chi connectivity index (χ3n) is 5.57. The summed E-state index contributed by atoms with van der Waals surface area (Å²) in [5, 5.41) is 8.96. The van der Waals surface area contributed by atoms with Gasteiger partial charge in [-0.05, 0) is 48.6 Å². The van der Waals surface area contributed by atoms with E-state index in [2.05, 4.69) is 24.0 Å². The number of hydrogen-bond donors (Lipinski definition) is 1. The molecule has 0 aromatic heterocycles. The number of carbonyl (C=O) groups excluding carboxylic acids is 1. The zero-order chi connectivity index (χ0) is 19.1. The van der Waals surface area contributed by atoms with Crippen molar-refractivity contribution >= 4 is 51.9 Å². The van der Waals surface area contributed by atoms with Crippen molar-refractivity contribution < 1.29 is 14.7 Å². The summed E-state index contributed by atoms with van der Waals surface area (Å²) in [6.07, 6.45) is 6.72. The lowest BCUT2D eigenvalue weighted by atomic mass is 9.96. The summed E-state index contributed by atoms with van der Waals surface area (Å²) < 4.78 is 0.305. The second kappa shape index (κ2) is 7.28. The van der Waals surface area contributed by atoms with E-state index in [9.17, 15) is 9.59 Å². The van der Waals surface area contributed by atoms with E-state index in [1.807, 2.05) is 12.1 Å². The smallest absolute Gasteiger partial charge is 0.323 e. The van der Waals surface area contributed by atoms with Crippen LogP contribution in [0.4, 0.5) is 5.69 Å². The fraction of sp³-hybridized carbons (Fsp3) is 0.450. The van der Waals surface area contributed by atoms with Crippen molar-refractivity contribution in [2.75, 3.05) is 18.0 Å². The van der Waals surface area contributed by atoms with Gasteiger partial charge in [-0.3, -0.25) is 14.5 Å². The highest BCUT2D eigenvalue weighted by atomic mass is 32.2. The van der Waals surface area contributed by atoms with E-state index in [4.69, 9.17) is 17.3 Å². The lowest BCUT2D eigenvalue weighted by Crippen LogP contribution is -2.33. The van der Waals surface area contributed by atoms with E-state index in [1.165, 1.54) is 42.3 Å². The molecule has 1 aromatic rings. The number of hydrogen-bond acceptors (Lipinski definition) is 5. The standard InChI is InChI=1S/C20H22N2O3S2/c1-2-8-21-15-5-3-4-13(15)14-9-12(6-7-16(14)21)10-17-19(25)22(11-18(23)24)20(26)27-17/h6-7,9-10,13,15H,2-5,8,11H2,1H3,(H,23,24)/b17-10+. The van der Waals surface area contributed by atoms with Gasteiger partial charge in [-0.2, -0.15) is 0 Å². The summed E-state index contributed by atoms with van der Waals surface area (Å²) >= 11 is 6.35. The first-order valence-electron chi connectivity index (χ1n) is 9.37. The van der Waals surface area contributed by atoms with Crippen molar-refractivity contribution in [2.45, 2.75) is 44.6 Å². The minimum atomic E-state index is -1.06. The molecule has 0 bridgehead atoms. The molecule has 142 valence electrons. The molecule has 1 aliphatic carbocycles. The van der Waals surface area contributed by atoms with Crippen LogP contribution in [0.5, 0.6) is 0 Å². The van der Waals surface area contributed by atoms with Gasteiger partial charge in [0, 0.05) is 24.2 Å². The van der Waals surface area contributed by atoms with Crippen molar-refractivity contribution in [2.24, 2.45) is 0 Å². The minimum Gasteiger partial charge on any atom is -0.480 e. The molecule has 2 heterocycles. The zero-order valence-corrected chi connectivity index (χ0v) is 16.8. The highest BCUT2D eigenvalue weighted by molar-refractivity contribution is 8.26. The van der Waals surface area contributed by atoms with Crippen LogP contribution in [-0.4, -0.2) is 45.3 Å². The quantitative estimate of drug-likeness (QED) is 0.596. The maximum absolute atomic E-state index is 12.5. The molecule has 2 fully saturated rings. The Morgan fingerprint density at radius 2 is 2.22 bits per heavy atom. The second-order valence-corrected chi connectivity index (χ2v) is 8.95. The van der Waals surface area contributed by atoms with Crippen molar-refractivity contribution in [1.82, 2.24) is 4.90 Å². The molecular weight excluding hydrogens is 380 g/mol. The van der Waals surface area contributed by atoms with Gasteiger partial charge in [0.1, 0.15) is 10.9 Å². The van der Waals surface area contributed by atoms with Gasteiger partial charge in [0.2, 0.25) is 0 Å². The molecule has 2 aliphatic heterocycles. The van der Waals surface area contributed by atoms with E-state index in [1.54, 1.807) is 0 Å². The Kier molecular flexibility index (Phi) is 4.99. The largest absolute Gasteiger partial charge is 0.480 e. The molecule has 1 saturated heterocycles. The number of thioether (sulfide) groups is 1. The fourth-order valence-corrected chi connectivity index (χ4v) is 5.78. The Balaban J connectivity index is 1.63. The first kappa shape index (κ1) is 18.5. The van der Waals surface area contributed by atoms with Crippen LogP contribution in [0.15, 0.2) is 23.1 Å². The van der Waals surface area contributed by atoms with Gasteiger partial charge in [-0.25, -0.2) is 0 Å². The number of nitrogens with zero attached hydrogens (tertiary/aromatic N) is 2. The molecule has 3 aliphatic rings. The molecule has 1 aromatic carbocycles. The predicted molar refractivity (Wildman–Crippen MR) is 112 cm³/mol. The molecule has 1 saturated carbocycles. The second-order valence-electron chi connectivity index (χ2n) is 7.28. The maximum atomic E-state index is 12.5. The number of aliphatic carboxylic acids is 1. The number of anilines is 1. The molecule has 27 heavy (non-hydrogen) atoms. The molecule has 4 rings (SSSR count). The van der Waals surface area contributed by atoms with Gasteiger partial charge in [0.05, 0.1) is 4.91 Å². The van der Waals surface area contributed by atoms with Crippen molar-refractivity contribution in [1.29, 1.82) is 0 Å². The molecule has 2 unspecified atom stereocenters. The highest BCUT2D eigenvalue weighted by Crippen LogP contribution is 2.49. The van der Waals surface area contributed by atoms with Crippen LogP contribution in [-0.2, 0) is 9.59 Å². The Morgan fingerprint density at radius 3 is 2.96 bits per heavy atom. The average molecular weight is 403 g/mol. The van der Waals surface area contributed by atoms with Gasteiger partial charge in [-0.1, -0.05) is 43.4 Å². The van der Waals surface area contributed by atoms with Crippen LogP contribution >= 0.6 is 24.0 Å². The average Bonchev–Trinajstić information content (AvgIpc) is 3.27. The predicted octanol–water partition coefficient (Wildman–Crippen LogP) is 3.84. The normalized spacial score (nSPS) is 25.4. The van der Waals surface area contributed by atoms with Crippen LogP contribution in [0.1, 0.15) is 49.7 Å². The topological polar surface area (TPSA) is 60.9 Å². The van der Waals surface area contributed by atoms with E-state index >= 15 is 0 Å². The van der Waals surface area contributed by atoms with Gasteiger partial charge >= 0.3 is 5.97 Å². The van der Waals surface area contributed by atoms with Crippen LogP contribution in [0.3, 0.4) is 0 Å². The SMILES string of the molecule is CCCN1c2ccc(/C=C3/SC(=S)N(CC(=O)O)C3=O)cc2C2CCCC21. The summed E-state index contributed by atoms with van der Waals surface area (Å²) in [6, 6.07) is 7.04. The maximum Gasteiger partial charge on any atom is 0.323 e. The molecule has 7 heteroatoms. The minimum absolute atomic E-state index is 0.305. The fourth-order valence-electron chi connectivity index (χ4n) is 4.53. The number of carbonyl (C=O) groups is 2. The molecule has 2 atom stereocenters. The van der Waals surface area contributed by atoms with Crippen molar-refractivity contribution in [3.63, 3.8) is 0 Å². The first-order valence-corrected chi connectivity index (χ1v) is 10.6.